The third kappa shape index (κ3) is 2.21. The number of hydrogen-bond acceptors (Lipinski definition) is 4. The van der Waals surface area contributed by atoms with Crippen LogP contribution in [0.15, 0.2) is 66.2 Å². The van der Waals surface area contributed by atoms with E-state index in [2.05, 4.69) is 5.53 Å². The van der Waals surface area contributed by atoms with E-state index in [1.807, 2.05) is 30.3 Å². The molecule has 2 heterocycles. The summed E-state index contributed by atoms with van der Waals surface area (Å²) < 4.78 is 38.7. The number of para-hydroxylation sites is 1. The largest absolute Gasteiger partial charge is 0.492 e. The number of aliphatic hydroxyl groups excluding tert-OH is 1. The Balaban J connectivity index is 1.74. The van der Waals surface area contributed by atoms with Crippen molar-refractivity contribution >= 4 is 17.5 Å². The normalized spacial score (nSPS) is 16.5. The van der Waals surface area contributed by atoms with Crippen LogP contribution in [0.5, 0.6) is 0 Å². The first-order valence-corrected chi connectivity index (χ1v) is 7.19. The van der Waals surface area contributed by atoms with Crippen LogP contribution >= 0.6 is 0 Å². The van der Waals surface area contributed by atoms with Crippen molar-refractivity contribution < 1.29 is 18.3 Å². The highest BCUT2D eigenvalue weighted by molar-refractivity contribution is 5.78. The van der Waals surface area contributed by atoms with Gasteiger partial charge in [-0.2, -0.15) is 13.2 Å². The van der Waals surface area contributed by atoms with E-state index >= 15 is 0 Å². The highest BCUT2D eigenvalue weighted by Crippen LogP contribution is 2.37. The molecule has 122 valence electrons. The summed E-state index contributed by atoms with van der Waals surface area (Å²) >= 11 is 0. The van der Waals surface area contributed by atoms with Crippen LogP contribution < -0.4 is 15.6 Å². The molecule has 2 aliphatic heterocycles. The third-order valence-corrected chi connectivity index (χ3v) is 3.91. The molecule has 2 N–H and O–H groups in total. The van der Waals surface area contributed by atoms with E-state index in [4.69, 9.17) is 0 Å². The van der Waals surface area contributed by atoms with Crippen LogP contribution in [0.3, 0.4) is 0 Å². The number of hydrogen-bond donors (Lipinski definition) is 2. The van der Waals surface area contributed by atoms with Gasteiger partial charge in [0, 0.05) is 0 Å². The van der Waals surface area contributed by atoms with E-state index in [0.29, 0.717) is 5.70 Å². The van der Waals surface area contributed by atoms with Crippen LogP contribution in [-0.2, 0) is 6.18 Å². The number of halogens is 3. The lowest BCUT2D eigenvalue weighted by atomic mass is 10.1. The van der Waals surface area contributed by atoms with Crippen LogP contribution in [-0.4, -0.2) is 5.11 Å². The molecule has 2 aromatic rings. The SMILES string of the molecule is OC1=C2C=Cc3ccccc3N2NN1c1cccc(C(F)(F)F)c1. The van der Waals surface area contributed by atoms with Crippen molar-refractivity contribution in [3.05, 3.63) is 77.3 Å². The highest BCUT2D eigenvalue weighted by atomic mass is 19.4. The minimum Gasteiger partial charge on any atom is -0.492 e. The van der Waals surface area contributed by atoms with Gasteiger partial charge >= 0.3 is 6.18 Å². The maximum atomic E-state index is 12.9. The first-order valence-electron chi connectivity index (χ1n) is 7.19. The van der Waals surface area contributed by atoms with Gasteiger partial charge in [-0.25, -0.2) is 5.01 Å². The fraction of sp³-hybridized carbons (Fsp3) is 0.0588. The van der Waals surface area contributed by atoms with Crippen molar-refractivity contribution in [2.24, 2.45) is 0 Å². The first-order chi connectivity index (χ1) is 11.4. The Hall–Kier alpha value is -2.93. The van der Waals surface area contributed by atoms with Gasteiger partial charge < -0.3 is 5.11 Å². The van der Waals surface area contributed by atoms with E-state index in [1.165, 1.54) is 17.1 Å². The Morgan fingerprint density at radius 1 is 0.917 bits per heavy atom. The van der Waals surface area contributed by atoms with Crippen LogP contribution in [0.1, 0.15) is 11.1 Å². The molecule has 4 rings (SSSR count). The van der Waals surface area contributed by atoms with Crippen molar-refractivity contribution in [3.8, 4) is 0 Å². The van der Waals surface area contributed by atoms with Gasteiger partial charge in [0.15, 0.2) is 0 Å². The van der Waals surface area contributed by atoms with Crippen molar-refractivity contribution in [2.45, 2.75) is 6.18 Å². The molecule has 0 aliphatic carbocycles. The Bertz CT molecular complexity index is 873. The van der Waals surface area contributed by atoms with Crippen LogP contribution in [0.25, 0.3) is 6.08 Å². The van der Waals surface area contributed by atoms with E-state index in [0.717, 1.165) is 23.4 Å². The van der Waals surface area contributed by atoms with Gasteiger partial charge in [0.25, 0.3) is 0 Å². The van der Waals surface area contributed by atoms with Gasteiger partial charge in [0.1, 0.15) is 5.70 Å². The lowest BCUT2D eigenvalue weighted by Crippen LogP contribution is -2.42. The first kappa shape index (κ1) is 14.6. The van der Waals surface area contributed by atoms with Gasteiger partial charge in [-0.1, -0.05) is 30.3 Å². The molecule has 0 unspecified atom stereocenters. The standard InChI is InChI=1S/C17H12F3N3O/c18-17(19,20)12-5-3-6-13(10-12)22-16(24)15-9-8-11-4-1-2-7-14(11)23(15)21-22/h1-10,21,24H. The lowest BCUT2D eigenvalue weighted by molar-refractivity contribution is -0.137. The fourth-order valence-electron chi connectivity index (χ4n) is 2.75. The summed E-state index contributed by atoms with van der Waals surface area (Å²) in [6.07, 6.45) is -0.898. The van der Waals surface area contributed by atoms with Crippen LogP contribution in [0.4, 0.5) is 24.5 Å². The number of allylic oxidation sites excluding steroid dienone is 1. The minimum absolute atomic E-state index is 0.167. The molecule has 4 nitrogen and oxygen atoms in total. The van der Waals surface area contributed by atoms with Crippen molar-refractivity contribution in [3.63, 3.8) is 0 Å². The molecule has 0 spiro atoms. The number of anilines is 2. The van der Waals surface area contributed by atoms with Gasteiger partial charge in [-0.05, 0) is 35.9 Å². The number of aliphatic hydroxyl groups is 1. The Morgan fingerprint density at radius 2 is 1.71 bits per heavy atom. The molecule has 0 aromatic heterocycles. The Morgan fingerprint density at radius 3 is 2.50 bits per heavy atom. The topological polar surface area (TPSA) is 38.7 Å². The van der Waals surface area contributed by atoms with Crippen LogP contribution in [0, 0.1) is 0 Å². The molecular formula is C17H12F3N3O. The van der Waals surface area contributed by atoms with Crippen molar-refractivity contribution in [1.82, 2.24) is 5.53 Å². The zero-order valence-corrected chi connectivity index (χ0v) is 12.2. The third-order valence-electron chi connectivity index (χ3n) is 3.91. The molecule has 0 atom stereocenters. The summed E-state index contributed by atoms with van der Waals surface area (Å²) in [5.41, 5.74) is 4.53. The van der Waals surface area contributed by atoms with Gasteiger partial charge in [-0.15, -0.1) is 5.53 Å². The zero-order valence-electron chi connectivity index (χ0n) is 12.2. The van der Waals surface area contributed by atoms with E-state index in [1.54, 1.807) is 11.1 Å². The molecule has 0 saturated carbocycles. The number of rotatable bonds is 1. The summed E-state index contributed by atoms with van der Waals surface area (Å²) in [6, 6.07) is 12.3. The second-order valence-electron chi connectivity index (χ2n) is 5.42. The predicted molar refractivity (Wildman–Crippen MR) is 84.7 cm³/mol. The highest BCUT2D eigenvalue weighted by Gasteiger charge is 2.35. The number of nitrogens with zero attached hydrogens (tertiary/aromatic N) is 2. The molecule has 0 amide bonds. The number of hydrazine groups is 2. The van der Waals surface area contributed by atoms with Crippen molar-refractivity contribution in [1.29, 1.82) is 0 Å². The minimum atomic E-state index is -4.45. The predicted octanol–water partition coefficient (Wildman–Crippen LogP) is 4.21. The molecule has 0 bridgehead atoms. The maximum absolute atomic E-state index is 12.9. The molecule has 2 aromatic carbocycles. The average molecular weight is 331 g/mol. The molecule has 24 heavy (non-hydrogen) atoms. The summed E-state index contributed by atoms with van der Waals surface area (Å²) in [7, 11) is 0. The number of fused-ring (bicyclic) bond motifs is 3. The molecule has 0 fully saturated rings. The van der Waals surface area contributed by atoms with Crippen LogP contribution in [0.2, 0.25) is 0 Å². The monoisotopic (exact) mass is 331 g/mol. The van der Waals surface area contributed by atoms with E-state index < -0.39 is 11.7 Å². The number of alkyl halides is 3. The van der Waals surface area contributed by atoms with Gasteiger partial charge in [0.2, 0.25) is 5.88 Å². The quantitative estimate of drug-likeness (QED) is 0.821. The smallest absolute Gasteiger partial charge is 0.416 e. The van der Waals surface area contributed by atoms with E-state index in [9.17, 15) is 18.3 Å². The summed E-state index contributed by atoms with van der Waals surface area (Å²) in [6.45, 7) is 0. The maximum Gasteiger partial charge on any atom is 0.416 e. The summed E-state index contributed by atoms with van der Waals surface area (Å²) in [5.74, 6) is -0.167. The molecule has 0 saturated heterocycles. The van der Waals surface area contributed by atoms with E-state index in [-0.39, 0.29) is 11.6 Å². The van der Waals surface area contributed by atoms with Gasteiger partial charge in [0.05, 0.1) is 16.9 Å². The lowest BCUT2D eigenvalue weighted by Gasteiger charge is -2.26. The number of benzene rings is 2. The second-order valence-corrected chi connectivity index (χ2v) is 5.42. The summed E-state index contributed by atoms with van der Waals surface area (Å²) in [4.78, 5) is 0. The zero-order chi connectivity index (χ0) is 16.9. The molecule has 2 aliphatic rings. The molecule has 7 heteroatoms. The fourth-order valence-corrected chi connectivity index (χ4v) is 2.75. The number of nitrogens with one attached hydrogen (secondary N) is 1. The Labute approximate surface area is 135 Å². The molecular weight excluding hydrogens is 319 g/mol. The summed E-state index contributed by atoms with van der Waals surface area (Å²) in [5, 5.41) is 13.3. The van der Waals surface area contributed by atoms with Gasteiger partial charge in [-0.3, -0.25) is 5.01 Å². The van der Waals surface area contributed by atoms with Crippen molar-refractivity contribution in [2.75, 3.05) is 10.0 Å². The Kier molecular flexibility index (Phi) is 3.07. The average Bonchev–Trinajstić information content (AvgIpc) is 2.92. The molecule has 0 radical (unpaired) electrons. The second kappa shape index (κ2) is 5.04.